The van der Waals surface area contributed by atoms with Crippen LogP contribution in [0.15, 0.2) is 23.1 Å². The van der Waals surface area contributed by atoms with Gasteiger partial charge in [0, 0.05) is 39.1 Å². The molecule has 1 aromatic carbocycles. The molecule has 0 spiro atoms. The lowest BCUT2D eigenvalue weighted by Crippen LogP contribution is -2.49. The van der Waals surface area contributed by atoms with Crippen LogP contribution in [0.4, 0.5) is 13.2 Å². The van der Waals surface area contributed by atoms with E-state index in [0.717, 1.165) is 16.4 Å². The van der Waals surface area contributed by atoms with E-state index in [4.69, 9.17) is 17.3 Å². The molecule has 2 rings (SSSR count). The molecule has 0 radical (unpaired) electrons. The molecule has 14 heteroatoms. The molecule has 1 aliphatic rings. The van der Waals surface area contributed by atoms with Crippen molar-refractivity contribution in [2.75, 3.05) is 44.2 Å². The molecule has 0 atom stereocenters. The third-order valence-electron chi connectivity index (χ3n) is 4.59. The normalized spacial score (nSPS) is 17.2. The van der Waals surface area contributed by atoms with Crippen LogP contribution in [0.1, 0.15) is 12.0 Å². The Kier molecular flexibility index (Phi) is 7.78. The number of alkyl halides is 3. The molecule has 2 N–H and O–H groups in total. The van der Waals surface area contributed by atoms with Crippen LogP contribution in [0.2, 0.25) is 5.02 Å². The Balaban J connectivity index is 2.00. The maximum Gasteiger partial charge on any atom is 0.417 e. The van der Waals surface area contributed by atoms with Crippen LogP contribution in [0.25, 0.3) is 0 Å². The average Bonchev–Trinajstić information content (AvgIpc) is 2.64. The Morgan fingerprint density at radius 3 is 2.20 bits per heavy atom. The van der Waals surface area contributed by atoms with Crippen molar-refractivity contribution in [2.24, 2.45) is 5.73 Å². The first kappa shape index (κ1) is 24.9. The minimum absolute atomic E-state index is 0.00631. The largest absolute Gasteiger partial charge is 0.417 e. The summed E-state index contributed by atoms with van der Waals surface area (Å²) in [5.74, 6) is -1.28. The van der Waals surface area contributed by atoms with Crippen LogP contribution in [0.3, 0.4) is 0 Å². The molecule has 0 aromatic heterocycles. The molecule has 1 amide bonds. The van der Waals surface area contributed by atoms with Gasteiger partial charge in [-0.1, -0.05) is 11.6 Å². The number of hydrogen-bond acceptors (Lipinski definition) is 6. The van der Waals surface area contributed by atoms with Crippen LogP contribution >= 0.6 is 11.6 Å². The number of halogens is 4. The van der Waals surface area contributed by atoms with Gasteiger partial charge >= 0.3 is 6.18 Å². The number of carbonyl (C=O) groups excluding carboxylic acids is 1. The number of amides is 1. The number of primary amides is 1. The zero-order valence-corrected chi connectivity index (χ0v) is 18.1. The quantitative estimate of drug-likeness (QED) is 0.578. The van der Waals surface area contributed by atoms with Gasteiger partial charge < -0.3 is 5.73 Å². The minimum atomic E-state index is -4.79. The van der Waals surface area contributed by atoms with Crippen molar-refractivity contribution in [1.29, 1.82) is 0 Å². The van der Waals surface area contributed by atoms with Crippen molar-refractivity contribution < 1.29 is 34.8 Å². The highest BCUT2D eigenvalue weighted by molar-refractivity contribution is 7.91. The van der Waals surface area contributed by atoms with E-state index in [9.17, 15) is 34.8 Å². The Morgan fingerprint density at radius 2 is 1.67 bits per heavy atom. The second-order valence-electron chi connectivity index (χ2n) is 6.75. The molecule has 0 saturated carbocycles. The van der Waals surface area contributed by atoms with Gasteiger partial charge in [-0.3, -0.25) is 9.69 Å². The first-order valence-electron chi connectivity index (χ1n) is 8.80. The van der Waals surface area contributed by atoms with Crippen LogP contribution in [-0.4, -0.2) is 76.2 Å². The highest BCUT2D eigenvalue weighted by Gasteiger charge is 2.36. The van der Waals surface area contributed by atoms with Crippen LogP contribution in [-0.2, 0) is 30.8 Å². The topological polar surface area (TPSA) is 118 Å². The SMILES string of the molecule is NC(=O)CCS(=O)(=O)CCN1CCN(S(=O)(=O)c2ccc(Cl)c(C(F)(F)F)c2)CC1. The molecular formula is C16H21ClF3N3O5S2. The average molecular weight is 492 g/mol. The maximum atomic E-state index is 13.0. The van der Waals surface area contributed by atoms with Crippen LogP contribution in [0, 0.1) is 0 Å². The van der Waals surface area contributed by atoms with Crippen molar-refractivity contribution in [3.63, 3.8) is 0 Å². The van der Waals surface area contributed by atoms with E-state index < -0.39 is 47.4 Å². The van der Waals surface area contributed by atoms with Gasteiger partial charge in [0.15, 0.2) is 9.84 Å². The van der Waals surface area contributed by atoms with Gasteiger partial charge in [-0.05, 0) is 18.2 Å². The Bertz CT molecular complexity index is 992. The van der Waals surface area contributed by atoms with Crippen molar-refractivity contribution in [1.82, 2.24) is 9.21 Å². The third kappa shape index (κ3) is 6.54. The Labute approximate surface area is 177 Å². The molecule has 0 unspecified atom stereocenters. The number of carbonyl (C=O) groups is 1. The molecule has 8 nitrogen and oxygen atoms in total. The number of piperazine rings is 1. The van der Waals surface area contributed by atoms with E-state index in [0.29, 0.717) is 6.07 Å². The lowest BCUT2D eigenvalue weighted by molar-refractivity contribution is -0.137. The zero-order chi connectivity index (χ0) is 22.7. The lowest BCUT2D eigenvalue weighted by Gasteiger charge is -2.34. The fourth-order valence-electron chi connectivity index (χ4n) is 2.85. The van der Waals surface area contributed by atoms with E-state index >= 15 is 0 Å². The number of nitrogens with two attached hydrogens (primary N) is 1. The highest BCUT2D eigenvalue weighted by atomic mass is 35.5. The number of sulfone groups is 1. The predicted molar refractivity (Wildman–Crippen MR) is 104 cm³/mol. The van der Waals surface area contributed by atoms with Crippen molar-refractivity contribution in [2.45, 2.75) is 17.5 Å². The minimum Gasteiger partial charge on any atom is -0.370 e. The molecule has 0 aliphatic carbocycles. The summed E-state index contributed by atoms with van der Waals surface area (Å²) in [4.78, 5) is 11.9. The molecule has 1 fully saturated rings. The van der Waals surface area contributed by atoms with Crippen LogP contribution in [0.5, 0.6) is 0 Å². The van der Waals surface area contributed by atoms with Crippen molar-refractivity contribution in [3.8, 4) is 0 Å². The Morgan fingerprint density at radius 1 is 1.07 bits per heavy atom. The van der Waals surface area contributed by atoms with E-state index in [2.05, 4.69) is 0 Å². The van der Waals surface area contributed by atoms with Gasteiger partial charge in [0.1, 0.15) is 0 Å². The van der Waals surface area contributed by atoms with Gasteiger partial charge in [-0.15, -0.1) is 0 Å². The monoisotopic (exact) mass is 491 g/mol. The molecule has 0 bridgehead atoms. The fraction of sp³-hybridized carbons (Fsp3) is 0.562. The summed E-state index contributed by atoms with van der Waals surface area (Å²) >= 11 is 5.54. The maximum absolute atomic E-state index is 13.0. The smallest absolute Gasteiger partial charge is 0.370 e. The summed E-state index contributed by atoms with van der Waals surface area (Å²) in [5.41, 5.74) is 3.71. The number of hydrogen-bond donors (Lipinski definition) is 1. The standard InChI is InChI=1S/C16H21ClF3N3O5S2/c17-14-2-1-12(11-13(14)16(18,19)20)30(27,28)23-6-4-22(5-7-23)8-10-29(25,26)9-3-15(21)24/h1-2,11H,3-10H2,(H2,21,24). The summed E-state index contributed by atoms with van der Waals surface area (Å²) in [6.45, 7) is 0.560. The van der Waals surface area contributed by atoms with Gasteiger partial charge in [-0.25, -0.2) is 16.8 Å². The van der Waals surface area contributed by atoms with Gasteiger partial charge in [-0.2, -0.15) is 17.5 Å². The summed E-state index contributed by atoms with van der Waals surface area (Å²) in [7, 11) is -7.65. The lowest BCUT2D eigenvalue weighted by atomic mass is 10.2. The number of nitrogens with zero attached hydrogens (tertiary/aromatic N) is 2. The molecule has 170 valence electrons. The van der Waals surface area contributed by atoms with Crippen molar-refractivity contribution >= 4 is 37.4 Å². The summed E-state index contributed by atoms with van der Waals surface area (Å²) < 4.78 is 89.3. The van der Waals surface area contributed by atoms with E-state index in [1.807, 2.05) is 0 Å². The summed E-state index contributed by atoms with van der Waals surface area (Å²) in [6.07, 6.45) is -5.06. The highest BCUT2D eigenvalue weighted by Crippen LogP contribution is 2.36. The van der Waals surface area contributed by atoms with E-state index in [1.54, 1.807) is 4.90 Å². The molecular weight excluding hydrogens is 471 g/mol. The molecule has 1 saturated heterocycles. The second kappa shape index (κ2) is 9.39. The van der Waals surface area contributed by atoms with Crippen LogP contribution < -0.4 is 5.73 Å². The summed E-state index contributed by atoms with van der Waals surface area (Å²) in [6, 6.07) is 2.42. The number of benzene rings is 1. The molecule has 30 heavy (non-hydrogen) atoms. The van der Waals surface area contributed by atoms with E-state index in [-0.39, 0.29) is 50.7 Å². The first-order chi connectivity index (χ1) is 13.7. The zero-order valence-electron chi connectivity index (χ0n) is 15.7. The van der Waals surface area contributed by atoms with Gasteiger partial charge in [0.2, 0.25) is 15.9 Å². The number of rotatable bonds is 8. The van der Waals surface area contributed by atoms with E-state index in [1.165, 1.54) is 0 Å². The van der Waals surface area contributed by atoms with Gasteiger partial charge in [0.25, 0.3) is 0 Å². The second-order valence-corrected chi connectivity index (χ2v) is 11.4. The van der Waals surface area contributed by atoms with Gasteiger partial charge in [0.05, 0.1) is 27.0 Å². The molecule has 1 aromatic rings. The first-order valence-corrected chi connectivity index (χ1v) is 12.4. The fourth-order valence-corrected chi connectivity index (χ4v) is 5.78. The number of sulfonamides is 1. The third-order valence-corrected chi connectivity index (χ3v) is 8.45. The van der Waals surface area contributed by atoms with Crippen molar-refractivity contribution in [3.05, 3.63) is 28.8 Å². The molecule has 1 heterocycles. The Hall–Kier alpha value is -1.41. The summed E-state index contributed by atoms with van der Waals surface area (Å²) in [5, 5.41) is -0.594. The molecule has 1 aliphatic heterocycles. The predicted octanol–water partition coefficient (Wildman–Crippen LogP) is 0.955.